The van der Waals surface area contributed by atoms with E-state index >= 15 is 0 Å². The topological polar surface area (TPSA) is 74.6 Å². The van der Waals surface area contributed by atoms with Gasteiger partial charge in [-0.25, -0.2) is 9.97 Å². The molecule has 1 N–H and O–H groups in total. The van der Waals surface area contributed by atoms with Gasteiger partial charge in [-0.15, -0.1) is 0 Å². The van der Waals surface area contributed by atoms with Crippen LogP contribution in [0.5, 0.6) is 0 Å². The predicted octanol–water partition coefficient (Wildman–Crippen LogP) is 3.10. The number of hydrogen-bond donors (Lipinski definition) is 1. The zero-order chi connectivity index (χ0) is 19.9. The van der Waals surface area contributed by atoms with E-state index in [2.05, 4.69) is 42.7 Å². The fraction of sp³-hybridized carbons (Fsp3) is 0.409. The van der Waals surface area contributed by atoms with Gasteiger partial charge in [-0.1, -0.05) is 12.1 Å². The normalized spacial score (nSPS) is 17.9. The number of benzene rings is 1. The molecule has 154 valence electrons. The SMILES string of the molecule is c1cc(-c2cn3c(N4CCCCC4)cnc3c(N3CCOCC3)n2)c2cn[nH]c2c1. The maximum atomic E-state index is 5.58. The van der Waals surface area contributed by atoms with Crippen molar-refractivity contribution in [2.45, 2.75) is 19.3 Å². The number of nitrogens with zero attached hydrogens (tertiary/aromatic N) is 6. The molecule has 2 fully saturated rings. The van der Waals surface area contributed by atoms with Crippen LogP contribution < -0.4 is 9.80 Å². The summed E-state index contributed by atoms with van der Waals surface area (Å²) in [5.41, 5.74) is 3.95. The van der Waals surface area contributed by atoms with E-state index in [-0.39, 0.29) is 0 Å². The fourth-order valence-corrected chi connectivity index (χ4v) is 4.63. The molecule has 0 bridgehead atoms. The van der Waals surface area contributed by atoms with Gasteiger partial charge < -0.3 is 14.5 Å². The zero-order valence-corrected chi connectivity index (χ0v) is 16.9. The first kappa shape index (κ1) is 17.7. The maximum Gasteiger partial charge on any atom is 0.181 e. The van der Waals surface area contributed by atoms with Crippen molar-refractivity contribution in [1.29, 1.82) is 0 Å². The first-order valence-electron chi connectivity index (χ1n) is 10.8. The van der Waals surface area contributed by atoms with Crippen LogP contribution in [0.2, 0.25) is 0 Å². The second-order valence-corrected chi connectivity index (χ2v) is 8.04. The van der Waals surface area contributed by atoms with Crippen molar-refractivity contribution in [3.63, 3.8) is 0 Å². The van der Waals surface area contributed by atoms with E-state index in [0.717, 1.165) is 78.8 Å². The molecule has 5 heterocycles. The maximum absolute atomic E-state index is 5.58. The molecule has 1 aromatic carbocycles. The van der Waals surface area contributed by atoms with Gasteiger partial charge in [0.1, 0.15) is 5.82 Å². The molecule has 2 aliphatic heterocycles. The highest BCUT2D eigenvalue weighted by Gasteiger charge is 2.23. The Bertz CT molecular complexity index is 1180. The van der Waals surface area contributed by atoms with Gasteiger partial charge in [0.05, 0.1) is 36.8 Å². The Hall–Kier alpha value is -3.13. The molecule has 2 aliphatic rings. The van der Waals surface area contributed by atoms with E-state index in [1.807, 2.05) is 18.5 Å². The lowest BCUT2D eigenvalue weighted by atomic mass is 10.1. The van der Waals surface area contributed by atoms with Gasteiger partial charge >= 0.3 is 0 Å². The summed E-state index contributed by atoms with van der Waals surface area (Å²) in [4.78, 5) is 14.7. The first-order valence-corrected chi connectivity index (χ1v) is 10.8. The average molecular weight is 403 g/mol. The summed E-state index contributed by atoms with van der Waals surface area (Å²) in [5.74, 6) is 2.08. The molecule has 0 unspecified atom stereocenters. The summed E-state index contributed by atoms with van der Waals surface area (Å²) < 4.78 is 7.81. The molecule has 0 atom stereocenters. The number of H-pyrrole nitrogens is 1. The molecule has 2 saturated heterocycles. The number of fused-ring (bicyclic) bond motifs is 2. The number of morpholine rings is 1. The molecule has 3 aromatic heterocycles. The number of ether oxygens (including phenoxy) is 1. The molecule has 4 aromatic rings. The van der Waals surface area contributed by atoms with Crippen molar-refractivity contribution in [2.24, 2.45) is 0 Å². The molecular weight excluding hydrogens is 378 g/mol. The Morgan fingerprint density at radius 1 is 0.933 bits per heavy atom. The molecule has 0 radical (unpaired) electrons. The van der Waals surface area contributed by atoms with Gasteiger partial charge in [-0.3, -0.25) is 9.50 Å². The first-order chi connectivity index (χ1) is 14.9. The van der Waals surface area contributed by atoms with Crippen molar-refractivity contribution in [3.05, 3.63) is 36.8 Å². The number of imidazole rings is 1. The van der Waals surface area contributed by atoms with E-state index < -0.39 is 0 Å². The lowest BCUT2D eigenvalue weighted by molar-refractivity contribution is 0.122. The molecule has 0 spiro atoms. The van der Waals surface area contributed by atoms with Crippen molar-refractivity contribution in [3.8, 4) is 11.3 Å². The molecule has 0 aliphatic carbocycles. The van der Waals surface area contributed by atoms with E-state index in [1.54, 1.807) is 0 Å². The number of nitrogens with one attached hydrogen (secondary N) is 1. The monoisotopic (exact) mass is 403 g/mol. The third-order valence-electron chi connectivity index (χ3n) is 6.21. The minimum absolute atomic E-state index is 0.717. The summed E-state index contributed by atoms with van der Waals surface area (Å²) in [6.07, 6.45) is 9.80. The molecule has 30 heavy (non-hydrogen) atoms. The molecule has 0 amide bonds. The van der Waals surface area contributed by atoms with Crippen LogP contribution in [0.25, 0.3) is 27.8 Å². The van der Waals surface area contributed by atoms with E-state index in [0.29, 0.717) is 0 Å². The van der Waals surface area contributed by atoms with Crippen molar-refractivity contribution < 1.29 is 4.74 Å². The van der Waals surface area contributed by atoms with Gasteiger partial charge in [0.25, 0.3) is 0 Å². The zero-order valence-electron chi connectivity index (χ0n) is 16.9. The van der Waals surface area contributed by atoms with Crippen LogP contribution in [0.3, 0.4) is 0 Å². The van der Waals surface area contributed by atoms with E-state index in [4.69, 9.17) is 14.7 Å². The van der Waals surface area contributed by atoms with Crippen LogP contribution in [-0.4, -0.2) is 64.0 Å². The highest BCUT2D eigenvalue weighted by atomic mass is 16.5. The predicted molar refractivity (Wildman–Crippen MR) is 117 cm³/mol. The molecule has 8 nitrogen and oxygen atoms in total. The molecule has 8 heteroatoms. The quantitative estimate of drug-likeness (QED) is 0.567. The summed E-state index contributed by atoms with van der Waals surface area (Å²) >= 11 is 0. The average Bonchev–Trinajstić information content (AvgIpc) is 3.46. The van der Waals surface area contributed by atoms with Gasteiger partial charge in [0.2, 0.25) is 0 Å². The Kier molecular flexibility index (Phi) is 4.30. The highest BCUT2D eigenvalue weighted by molar-refractivity contribution is 5.93. The number of rotatable bonds is 3. The van der Waals surface area contributed by atoms with Crippen molar-refractivity contribution in [1.82, 2.24) is 24.6 Å². The largest absolute Gasteiger partial charge is 0.378 e. The van der Waals surface area contributed by atoms with Crippen LogP contribution in [0.15, 0.2) is 36.8 Å². The van der Waals surface area contributed by atoms with Crippen LogP contribution in [0, 0.1) is 0 Å². The Morgan fingerprint density at radius 3 is 2.67 bits per heavy atom. The Morgan fingerprint density at radius 2 is 1.80 bits per heavy atom. The standard InChI is InChI=1S/C22H25N7O/c1-2-7-27(8-3-1)20-14-23-21-22(28-9-11-30-12-10-28)25-19(15-29(20)21)16-5-4-6-18-17(16)13-24-26-18/h4-6,13-15H,1-3,7-12H2,(H,24,26). The van der Waals surface area contributed by atoms with Gasteiger partial charge in [0, 0.05) is 43.3 Å². The van der Waals surface area contributed by atoms with Gasteiger partial charge in [0.15, 0.2) is 11.5 Å². The summed E-state index contributed by atoms with van der Waals surface area (Å²) in [6, 6.07) is 6.21. The van der Waals surface area contributed by atoms with Crippen LogP contribution in [0.4, 0.5) is 11.6 Å². The van der Waals surface area contributed by atoms with Crippen molar-refractivity contribution >= 4 is 28.2 Å². The minimum atomic E-state index is 0.717. The second kappa shape index (κ2) is 7.28. The van der Waals surface area contributed by atoms with Gasteiger partial charge in [-0.05, 0) is 25.3 Å². The second-order valence-electron chi connectivity index (χ2n) is 8.04. The van der Waals surface area contributed by atoms with Crippen LogP contribution >= 0.6 is 0 Å². The van der Waals surface area contributed by atoms with Crippen LogP contribution in [0.1, 0.15) is 19.3 Å². The van der Waals surface area contributed by atoms with E-state index in [9.17, 15) is 0 Å². The lowest BCUT2D eigenvalue weighted by Gasteiger charge is -2.30. The lowest BCUT2D eigenvalue weighted by Crippen LogP contribution is -2.37. The van der Waals surface area contributed by atoms with Crippen LogP contribution in [-0.2, 0) is 4.74 Å². The summed E-state index contributed by atoms with van der Waals surface area (Å²) in [6.45, 7) is 5.25. The third kappa shape index (κ3) is 2.90. The number of aromatic nitrogens is 5. The minimum Gasteiger partial charge on any atom is -0.378 e. The summed E-state index contributed by atoms with van der Waals surface area (Å²) in [7, 11) is 0. The number of piperidine rings is 1. The molecular formula is C22H25N7O. The number of anilines is 2. The number of aromatic amines is 1. The summed E-state index contributed by atoms with van der Waals surface area (Å²) in [5, 5.41) is 8.39. The Balaban J connectivity index is 1.56. The smallest absolute Gasteiger partial charge is 0.181 e. The number of hydrogen-bond acceptors (Lipinski definition) is 6. The molecule has 6 rings (SSSR count). The van der Waals surface area contributed by atoms with E-state index in [1.165, 1.54) is 19.3 Å². The Labute approximate surface area is 174 Å². The molecule has 0 saturated carbocycles. The van der Waals surface area contributed by atoms with Crippen molar-refractivity contribution in [2.75, 3.05) is 49.2 Å². The third-order valence-corrected chi connectivity index (χ3v) is 6.21. The highest BCUT2D eigenvalue weighted by Crippen LogP contribution is 2.32. The van der Waals surface area contributed by atoms with Gasteiger partial charge in [-0.2, -0.15) is 5.10 Å². The fourth-order valence-electron chi connectivity index (χ4n) is 4.63.